The highest BCUT2D eigenvalue weighted by Crippen LogP contribution is 2.18. The first-order chi connectivity index (χ1) is 13.2. The van der Waals surface area contributed by atoms with Gasteiger partial charge in [-0.2, -0.15) is 0 Å². The summed E-state index contributed by atoms with van der Waals surface area (Å²) in [5, 5.41) is 9.88. The number of fused-ring (bicyclic) bond motifs is 1. The minimum absolute atomic E-state index is 0.462. The number of para-hydroxylation sites is 2. The van der Waals surface area contributed by atoms with E-state index in [2.05, 4.69) is 62.8 Å². The number of aliphatic imine (C=N–C) groups is 1. The van der Waals surface area contributed by atoms with Gasteiger partial charge in [-0.25, -0.2) is 15.0 Å². The van der Waals surface area contributed by atoms with Crippen LogP contribution in [0.15, 0.2) is 34.6 Å². The van der Waals surface area contributed by atoms with Crippen LogP contribution in [0.25, 0.3) is 11.0 Å². The van der Waals surface area contributed by atoms with Crippen molar-refractivity contribution >= 4 is 28.3 Å². The fourth-order valence-electron chi connectivity index (χ4n) is 2.74. The Kier molecular flexibility index (Phi) is 6.81. The van der Waals surface area contributed by atoms with E-state index < -0.39 is 0 Å². The van der Waals surface area contributed by atoms with E-state index in [1.165, 1.54) is 0 Å². The van der Waals surface area contributed by atoms with Gasteiger partial charge in [0.1, 0.15) is 10.8 Å². The Hall–Kier alpha value is -2.41. The summed E-state index contributed by atoms with van der Waals surface area (Å²) < 4.78 is 0. The normalized spacial score (nSPS) is 12.1. The topological polar surface area (TPSA) is 78.0 Å². The number of aromatic nitrogens is 3. The molecule has 2 aromatic heterocycles. The summed E-state index contributed by atoms with van der Waals surface area (Å²) >= 11 is 1.68. The van der Waals surface area contributed by atoms with E-state index in [9.17, 15) is 0 Å². The van der Waals surface area contributed by atoms with E-state index in [4.69, 9.17) is 0 Å². The third kappa shape index (κ3) is 5.53. The lowest BCUT2D eigenvalue weighted by Crippen LogP contribution is -2.37. The van der Waals surface area contributed by atoms with Crippen LogP contribution >= 0.6 is 11.3 Å². The van der Waals surface area contributed by atoms with Gasteiger partial charge in [0, 0.05) is 24.9 Å². The molecular weight excluding hydrogens is 356 g/mol. The number of nitrogens with zero attached hydrogens (tertiary/aromatic N) is 3. The van der Waals surface area contributed by atoms with Gasteiger partial charge in [-0.05, 0) is 31.4 Å². The van der Waals surface area contributed by atoms with Gasteiger partial charge >= 0.3 is 0 Å². The second-order valence-electron chi connectivity index (χ2n) is 6.75. The second-order valence-corrected chi connectivity index (χ2v) is 7.69. The van der Waals surface area contributed by atoms with Crippen LogP contribution in [0.5, 0.6) is 0 Å². The van der Waals surface area contributed by atoms with E-state index in [1.54, 1.807) is 11.3 Å². The average molecular weight is 385 g/mol. The number of guanidine groups is 1. The van der Waals surface area contributed by atoms with Gasteiger partial charge in [0.05, 0.1) is 23.3 Å². The van der Waals surface area contributed by atoms with Crippen LogP contribution in [-0.4, -0.2) is 34.0 Å². The highest BCUT2D eigenvalue weighted by atomic mass is 32.1. The molecule has 0 aliphatic carbocycles. The zero-order valence-electron chi connectivity index (χ0n) is 16.2. The van der Waals surface area contributed by atoms with Crippen molar-refractivity contribution in [1.82, 2.24) is 25.6 Å². The Balaban J connectivity index is 1.48. The third-order valence-corrected chi connectivity index (χ3v) is 5.05. The van der Waals surface area contributed by atoms with Crippen molar-refractivity contribution < 1.29 is 0 Å². The molecule has 0 amide bonds. The van der Waals surface area contributed by atoms with Crippen molar-refractivity contribution in [2.75, 3.05) is 13.1 Å². The molecule has 0 spiro atoms. The molecule has 2 heterocycles. The molecule has 0 bridgehead atoms. The molecule has 0 aliphatic heterocycles. The average Bonchev–Trinajstić information content (AvgIpc) is 3.29. The van der Waals surface area contributed by atoms with Crippen LogP contribution in [0.1, 0.15) is 49.6 Å². The van der Waals surface area contributed by atoms with Crippen molar-refractivity contribution in [2.45, 2.75) is 46.1 Å². The number of aromatic amines is 1. The van der Waals surface area contributed by atoms with E-state index in [-0.39, 0.29) is 0 Å². The number of imidazole rings is 1. The molecule has 0 fully saturated rings. The third-order valence-electron chi connectivity index (χ3n) is 4.20. The number of benzene rings is 1. The molecule has 7 heteroatoms. The summed E-state index contributed by atoms with van der Waals surface area (Å²) in [5.74, 6) is 2.33. The highest BCUT2D eigenvalue weighted by Gasteiger charge is 2.06. The van der Waals surface area contributed by atoms with Crippen LogP contribution < -0.4 is 10.6 Å². The lowest BCUT2D eigenvalue weighted by Gasteiger charge is -2.10. The fraction of sp³-hybridized carbons (Fsp3) is 0.450. The number of hydrogen-bond acceptors (Lipinski definition) is 4. The second kappa shape index (κ2) is 9.50. The first-order valence-corrected chi connectivity index (χ1v) is 10.4. The van der Waals surface area contributed by atoms with Gasteiger partial charge in [0.2, 0.25) is 0 Å². The SMILES string of the molecule is CCNC(=NCc1nc(C(C)C)cs1)NCCCc1nc2ccccc2[nH]1. The minimum atomic E-state index is 0.462. The molecule has 0 saturated heterocycles. The van der Waals surface area contributed by atoms with Gasteiger partial charge in [-0.15, -0.1) is 11.3 Å². The summed E-state index contributed by atoms with van der Waals surface area (Å²) in [5.41, 5.74) is 3.27. The predicted octanol–water partition coefficient (Wildman–Crippen LogP) is 3.83. The predicted molar refractivity (Wildman–Crippen MR) is 113 cm³/mol. The van der Waals surface area contributed by atoms with Gasteiger partial charge in [0.15, 0.2) is 5.96 Å². The van der Waals surface area contributed by atoms with Crippen molar-refractivity contribution in [3.05, 3.63) is 46.2 Å². The van der Waals surface area contributed by atoms with E-state index in [0.29, 0.717) is 12.5 Å². The molecule has 3 N–H and O–H groups in total. The molecule has 0 radical (unpaired) electrons. The van der Waals surface area contributed by atoms with Crippen LogP contribution in [0.2, 0.25) is 0 Å². The molecular formula is C20H28N6S. The lowest BCUT2D eigenvalue weighted by molar-refractivity contribution is 0.726. The van der Waals surface area contributed by atoms with Crippen molar-refractivity contribution in [3.8, 4) is 0 Å². The first kappa shape index (κ1) is 19.4. The van der Waals surface area contributed by atoms with Crippen molar-refractivity contribution in [1.29, 1.82) is 0 Å². The number of H-pyrrole nitrogens is 1. The molecule has 6 nitrogen and oxygen atoms in total. The van der Waals surface area contributed by atoms with Crippen LogP contribution in [-0.2, 0) is 13.0 Å². The summed E-state index contributed by atoms with van der Waals surface area (Å²) in [6, 6.07) is 8.13. The standard InChI is InChI=1S/C20H28N6S/c1-4-21-20(23-12-19-26-17(13-27-19)14(2)3)22-11-7-10-18-24-15-8-5-6-9-16(15)25-18/h5-6,8-9,13-14H,4,7,10-12H2,1-3H3,(H,24,25)(H2,21,22,23). The Bertz CT molecular complexity index is 846. The molecule has 3 aromatic rings. The van der Waals surface area contributed by atoms with Gasteiger partial charge in [-0.3, -0.25) is 0 Å². The number of nitrogens with one attached hydrogen (secondary N) is 3. The van der Waals surface area contributed by atoms with Crippen molar-refractivity contribution in [2.24, 2.45) is 4.99 Å². The Morgan fingerprint density at radius 3 is 2.81 bits per heavy atom. The largest absolute Gasteiger partial charge is 0.357 e. The van der Waals surface area contributed by atoms with Crippen molar-refractivity contribution in [3.63, 3.8) is 0 Å². The van der Waals surface area contributed by atoms with Gasteiger partial charge in [0.25, 0.3) is 0 Å². The molecule has 0 aliphatic rings. The van der Waals surface area contributed by atoms with E-state index in [1.807, 2.05) is 18.2 Å². The maximum atomic E-state index is 4.65. The lowest BCUT2D eigenvalue weighted by atomic mass is 10.2. The molecule has 1 aromatic carbocycles. The van der Waals surface area contributed by atoms with Crippen LogP contribution in [0.3, 0.4) is 0 Å². The quantitative estimate of drug-likeness (QED) is 0.313. The Labute approximate surface area is 164 Å². The molecule has 0 atom stereocenters. The monoisotopic (exact) mass is 384 g/mol. The molecule has 27 heavy (non-hydrogen) atoms. The minimum Gasteiger partial charge on any atom is -0.357 e. The molecule has 0 saturated carbocycles. The van der Waals surface area contributed by atoms with Crippen LogP contribution in [0, 0.1) is 0 Å². The smallest absolute Gasteiger partial charge is 0.191 e. The van der Waals surface area contributed by atoms with Crippen LogP contribution in [0.4, 0.5) is 0 Å². The summed E-state index contributed by atoms with van der Waals surface area (Å²) in [4.78, 5) is 17.3. The highest BCUT2D eigenvalue weighted by molar-refractivity contribution is 7.09. The fourth-order valence-corrected chi connectivity index (χ4v) is 3.62. The first-order valence-electron chi connectivity index (χ1n) is 9.55. The zero-order valence-corrected chi connectivity index (χ0v) is 17.1. The van der Waals surface area contributed by atoms with Gasteiger partial charge < -0.3 is 15.6 Å². The molecule has 0 unspecified atom stereocenters. The Morgan fingerprint density at radius 1 is 1.22 bits per heavy atom. The van der Waals surface area contributed by atoms with E-state index >= 15 is 0 Å². The summed E-state index contributed by atoms with van der Waals surface area (Å²) in [7, 11) is 0. The number of aryl methyl sites for hydroxylation is 1. The number of thiazole rings is 1. The summed E-state index contributed by atoms with van der Waals surface area (Å²) in [6.45, 7) is 8.69. The summed E-state index contributed by atoms with van der Waals surface area (Å²) in [6.07, 6.45) is 1.89. The van der Waals surface area contributed by atoms with E-state index in [0.717, 1.165) is 59.5 Å². The molecule has 144 valence electrons. The van der Waals surface area contributed by atoms with Gasteiger partial charge in [-0.1, -0.05) is 26.0 Å². The number of rotatable bonds is 8. The zero-order chi connectivity index (χ0) is 19.1. The Morgan fingerprint density at radius 2 is 2.07 bits per heavy atom. The molecule has 3 rings (SSSR count). The maximum Gasteiger partial charge on any atom is 0.191 e. The maximum absolute atomic E-state index is 4.65. The number of hydrogen-bond donors (Lipinski definition) is 3.